The van der Waals surface area contributed by atoms with E-state index in [0.29, 0.717) is 0 Å². The van der Waals surface area contributed by atoms with Crippen molar-refractivity contribution in [3.8, 4) is 0 Å². The van der Waals surface area contributed by atoms with Crippen molar-refractivity contribution in [2.75, 3.05) is 11.9 Å². The third-order valence-corrected chi connectivity index (χ3v) is 7.72. The second-order valence-corrected chi connectivity index (χ2v) is 10.3. The van der Waals surface area contributed by atoms with Gasteiger partial charge in [-0.05, 0) is 105 Å². The van der Waals surface area contributed by atoms with Gasteiger partial charge in [0.15, 0.2) is 0 Å². The molecular weight excluding hydrogens is 386 g/mol. The highest BCUT2D eigenvalue weighted by atomic mass is 14.9. The fourth-order valence-corrected chi connectivity index (χ4v) is 5.48. The van der Waals surface area contributed by atoms with Gasteiger partial charge < -0.3 is 5.32 Å². The maximum Gasteiger partial charge on any atom is 0.0370 e. The SMILES string of the molecule is CCCCCC1CCC(c2ccc(CCc3ccc(NCCCC)c(C)c3)c(C)c2)CC1. The van der Waals surface area contributed by atoms with E-state index in [2.05, 4.69) is 69.4 Å². The van der Waals surface area contributed by atoms with Crippen molar-refractivity contribution >= 4 is 5.69 Å². The van der Waals surface area contributed by atoms with Crippen LogP contribution in [0.5, 0.6) is 0 Å². The Morgan fingerprint density at radius 3 is 2.25 bits per heavy atom. The number of hydrogen-bond acceptors (Lipinski definition) is 1. The van der Waals surface area contributed by atoms with Crippen LogP contribution in [0.25, 0.3) is 0 Å². The van der Waals surface area contributed by atoms with E-state index in [0.717, 1.165) is 31.2 Å². The van der Waals surface area contributed by atoms with Crippen molar-refractivity contribution in [2.24, 2.45) is 5.92 Å². The van der Waals surface area contributed by atoms with E-state index in [1.807, 2.05) is 0 Å². The van der Waals surface area contributed by atoms with E-state index < -0.39 is 0 Å². The van der Waals surface area contributed by atoms with Crippen LogP contribution in [-0.2, 0) is 12.8 Å². The van der Waals surface area contributed by atoms with Gasteiger partial charge in [0.2, 0.25) is 0 Å². The Bertz CT molecular complexity index is 813. The lowest BCUT2D eigenvalue weighted by atomic mass is 9.76. The molecule has 3 rings (SSSR count). The molecule has 1 aliphatic carbocycles. The third kappa shape index (κ3) is 7.39. The van der Waals surface area contributed by atoms with Gasteiger partial charge in [0, 0.05) is 12.2 Å². The number of hydrogen-bond donors (Lipinski definition) is 1. The molecule has 0 heterocycles. The van der Waals surface area contributed by atoms with Crippen LogP contribution < -0.4 is 5.32 Å². The number of anilines is 1. The van der Waals surface area contributed by atoms with Crippen LogP contribution in [0.4, 0.5) is 5.69 Å². The minimum absolute atomic E-state index is 0.792. The smallest absolute Gasteiger partial charge is 0.0370 e. The number of rotatable bonds is 12. The van der Waals surface area contributed by atoms with Gasteiger partial charge in [-0.15, -0.1) is 0 Å². The van der Waals surface area contributed by atoms with Crippen molar-refractivity contribution < 1.29 is 0 Å². The highest BCUT2D eigenvalue weighted by molar-refractivity contribution is 5.52. The molecule has 0 aliphatic heterocycles. The Hall–Kier alpha value is -1.76. The van der Waals surface area contributed by atoms with Crippen molar-refractivity contribution in [3.05, 3.63) is 64.2 Å². The van der Waals surface area contributed by atoms with Gasteiger partial charge >= 0.3 is 0 Å². The van der Waals surface area contributed by atoms with Crippen LogP contribution in [0.1, 0.15) is 112 Å². The van der Waals surface area contributed by atoms with E-state index in [4.69, 9.17) is 0 Å². The number of aryl methyl sites for hydroxylation is 4. The Balaban J connectivity index is 1.50. The first-order chi connectivity index (χ1) is 15.6. The van der Waals surface area contributed by atoms with Crippen molar-refractivity contribution in [2.45, 2.75) is 111 Å². The summed E-state index contributed by atoms with van der Waals surface area (Å²) in [6, 6.07) is 14.3. The molecule has 0 unspecified atom stereocenters. The molecule has 1 N–H and O–H groups in total. The zero-order valence-electron chi connectivity index (χ0n) is 21.3. The molecule has 0 bridgehead atoms. The Kier molecular flexibility index (Phi) is 10.2. The first-order valence-electron chi connectivity index (χ1n) is 13.5. The lowest BCUT2D eigenvalue weighted by Gasteiger charge is -2.29. The van der Waals surface area contributed by atoms with E-state index >= 15 is 0 Å². The van der Waals surface area contributed by atoms with Crippen molar-refractivity contribution in [3.63, 3.8) is 0 Å². The summed E-state index contributed by atoms with van der Waals surface area (Å²) < 4.78 is 0. The van der Waals surface area contributed by atoms with Crippen LogP contribution in [0.15, 0.2) is 36.4 Å². The number of benzene rings is 2. The van der Waals surface area contributed by atoms with Gasteiger partial charge in [0.05, 0.1) is 0 Å². The van der Waals surface area contributed by atoms with E-state index in [1.165, 1.54) is 92.1 Å². The Labute approximate surface area is 198 Å². The summed E-state index contributed by atoms with van der Waals surface area (Å²) in [6.07, 6.45) is 16.1. The Morgan fingerprint density at radius 2 is 1.56 bits per heavy atom. The van der Waals surface area contributed by atoms with Crippen LogP contribution >= 0.6 is 0 Å². The molecule has 1 heteroatoms. The molecule has 1 fully saturated rings. The summed E-state index contributed by atoms with van der Waals surface area (Å²) in [6.45, 7) is 10.2. The highest BCUT2D eigenvalue weighted by Gasteiger charge is 2.22. The molecule has 1 saturated carbocycles. The van der Waals surface area contributed by atoms with E-state index in [-0.39, 0.29) is 0 Å². The first-order valence-corrected chi connectivity index (χ1v) is 13.5. The molecule has 0 amide bonds. The van der Waals surface area contributed by atoms with Crippen LogP contribution in [0.2, 0.25) is 0 Å². The molecule has 0 atom stereocenters. The molecule has 0 aromatic heterocycles. The lowest BCUT2D eigenvalue weighted by Crippen LogP contribution is -2.13. The predicted octanol–water partition coefficient (Wildman–Crippen LogP) is 9.15. The predicted molar refractivity (Wildman–Crippen MR) is 142 cm³/mol. The summed E-state index contributed by atoms with van der Waals surface area (Å²) >= 11 is 0. The van der Waals surface area contributed by atoms with Crippen LogP contribution in [0, 0.1) is 19.8 Å². The second kappa shape index (κ2) is 13.1. The molecule has 2 aromatic rings. The third-order valence-electron chi connectivity index (χ3n) is 7.72. The zero-order chi connectivity index (χ0) is 22.8. The lowest BCUT2D eigenvalue weighted by molar-refractivity contribution is 0.302. The maximum absolute atomic E-state index is 3.58. The number of nitrogens with one attached hydrogen (secondary N) is 1. The molecule has 0 saturated heterocycles. The molecule has 176 valence electrons. The van der Waals surface area contributed by atoms with Gasteiger partial charge in [-0.2, -0.15) is 0 Å². The molecule has 0 radical (unpaired) electrons. The van der Waals surface area contributed by atoms with Gasteiger partial charge in [0.1, 0.15) is 0 Å². The van der Waals surface area contributed by atoms with Crippen LogP contribution in [-0.4, -0.2) is 6.54 Å². The molecule has 1 aliphatic rings. The van der Waals surface area contributed by atoms with Gasteiger partial charge in [-0.1, -0.05) is 76.3 Å². The maximum atomic E-state index is 3.58. The average molecular weight is 434 g/mol. The fraction of sp³-hybridized carbons (Fsp3) is 0.613. The minimum Gasteiger partial charge on any atom is -0.385 e. The molecule has 1 nitrogen and oxygen atoms in total. The summed E-state index contributed by atoms with van der Waals surface area (Å²) in [5, 5.41) is 3.58. The topological polar surface area (TPSA) is 12.0 Å². The summed E-state index contributed by atoms with van der Waals surface area (Å²) in [5.41, 5.74) is 8.72. The summed E-state index contributed by atoms with van der Waals surface area (Å²) in [5.74, 6) is 1.79. The summed E-state index contributed by atoms with van der Waals surface area (Å²) in [4.78, 5) is 0. The molecule has 0 spiro atoms. The van der Waals surface area contributed by atoms with Crippen molar-refractivity contribution in [1.29, 1.82) is 0 Å². The molecular formula is C31H47N. The standard InChI is InChI=1S/C31H47N/c1-5-7-9-10-26-11-16-29(17-12-26)30-19-18-28(24(3)23-30)15-13-27-14-20-31(25(4)22-27)32-21-8-6-2/h14,18-20,22-23,26,29,32H,5-13,15-17,21H2,1-4H3. The summed E-state index contributed by atoms with van der Waals surface area (Å²) in [7, 11) is 0. The van der Waals surface area contributed by atoms with Gasteiger partial charge in [-0.25, -0.2) is 0 Å². The van der Waals surface area contributed by atoms with Gasteiger partial charge in [-0.3, -0.25) is 0 Å². The van der Waals surface area contributed by atoms with Gasteiger partial charge in [0.25, 0.3) is 0 Å². The zero-order valence-corrected chi connectivity index (χ0v) is 21.3. The quantitative estimate of drug-likeness (QED) is 0.329. The number of unbranched alkanes of at least 4 members (excludes halogenated alkanes) is 3. The fourth-order valence-electron chi connectivity index (χ4n) is 5.48. The second-order valence-electron chi connectivity index (χ2n) is 10.3. The van der Waals surface area contributed by atoms with Crippen molar-refractivity contribution in [1.82, 2.24) is 0 Å². The average Bonchev–Trinajstić information content (AvgIpc) is 2.80. The minimum atomic E-state index is 0.792. The normalized spacial score (nSPS) is 18.6. The monoisotopic (exact) mass is 433 g/mol. The largest absolute Gasteiger partial charge is 0.385 e. The van der Waals surface area contributed by atoms with Crippen LogP contribution in [0.3, 0.4) is 0 Å². The van der Waals surface area contributed by atoms with E-state index in [1.54, 1.807) is 5.56 Å². The molecule has 32 heavy (non-hydrogen) atoms. The molecule has 2 aromatic carbocycles. The first kappa shape index (κ1) is 24.9. The highest BCUT2D eigenvalue weighted by Crippen LogP contribution is 2.38. The Morgan fingerprint density at radius 1 is 0.781 bits per heavy atom. The van der Waals surface area contributed by atoms with E-state index in [9.17, 15) is 0 Å².